The Morgan fingerprint density at radius 2 is 1.60 bits per heavy atom. The molecule has 2 aliphatic rings. The summed E-state index contributed by atoms with van der Waals surface area (Å²) < 4.78 is 51.5. The minimum absolute atomic E-state index is 0.00116. The Morgan fingerprint density at radius 3 is 2.17 bits per heavy atom. The van der Waals surface area contributed by atoms with Crippen LogP contribution >= 0.6 is 0 Å². The lowest BCUT2D eigenvalue weighted by atomic mass is 9.93. The molecule has 0 atom stereocenters. The number of hydrogen-bond acceptors (Lipinski definition) is 5. The predicted octanol–water partition coefficient (Wildman–Crippen LogP) is 3.00. The van der Waals surface area contributed by atoms with Gasteiger partial charge in [0.25, 0.3) is 0 Å². The van der Waals surface area contributed by atoms with E-state index >= 15 is 0 Å². The molecule has 1 fully saturated rings. The van der Waals surface area contributed by atoms with Crippen molar-refractivity contribution in [1.29, 1.82) is 0 Å². The van der Waals surface area contributed by atoms with Gasteiger partial charge in [0.05, 0.1) is 14.2 Å². The van der Waals surface area contributed by atoms with Crippen molar-refractivity contribution in [2.45, 2.75) is 32.0 Å². The molecule has 2 heterocycles. The number of rotatable bonds is 4. The first-order chi connectivity index (χ1) is 14.2. The molecule has 0 aliphatic carbocycles. The number of carbonyl (C=O) groups is 2. The Balaban J connectivity index is 1.55. The van der Waals surface area contributed by atoms with Crippen LogP contribution in [-0.2, 0) is 22.5 Å². The van der Waals surface area contributed by atoms with Crippen LogP contribution in [0.4, 0.5) is 18.0 Å². The van der Waals surface area contributed by atoms with Crippen molar-refractivity contribution in [1.82, 2.24) is 9.80 Å². The number of methoxy groups -OCH3 is 2. The van der Waals surface area contributed by atoms with Crippen LogP contribution in [0, 0.1) is 5.92 Å². The van der Waals surface area contributed by atoms with E-state index in [4.69, 9.17) is 9.47 Å². The van der Waals surface area contributed by atoms with Gasteiger partial charge in [-0.3, -0.25) is 4.79 Å². The molecule has 1 saturated heterocycles. The van der Waals surface area contributed by atoms with Crippen LogP contribution in [-0.4, -0.2) is 68.4 Å². The molecule has 10 heteroatoms. The van der Waals surface area contributed by atoms with Gasteiger partial charge in [0.2, 0.25) is 5.91 Å². The summed E-state index contributed by atoms with van der Waals surface area (Å²) in [6, 6.07) is 3.81. The van der Waals surface area contributed by atoms with E-state index in [0.29, 0.717) is 43.9 Å². The van der Waals surface area contributed by atoms with Gasteiger partial charge >= 0.3 is 12.3 Å². The second kappa shape index (κ2) is 9.01. The highest BCUT2D eigenvalue weighted by atomic mass is 19.4. The van der Waals surface area contributed by atoms with Gasteiger partial charge in [-0.1, -0.05) is 0 Å². The Labute approximate surface area is 172 Å². The summed E-state index contributed by atoms with van der Waals surface area (Å²) in [4.78, 5) is 27.7. The first-order valence-electron chi connectivity index (χ1n) is 9.73. The van der Waals surface area contributed by atoms with E-state index in [0.717, 1.165) is 11.1 Å². The average molecular weight is 430 g/mol. The molecule has 0 bridgehead atoms. The van der Waals surface area contributed by atoms with Crippen molar-refractivity contribution in [3.8, 4) is 11.5 Å². The van der Waals surface area contributed by atoms with E-state index in [-0.39, 0.29) is 24.9 Å². The molecule has 166 valence electrons. The molecule has 3 rings (SSSR count). The highest BCUT2D eigenvalue weighted by Crippen LogP contribution is 2.34. The van der Waals surface area contributed by atoms with E-state index in [1.807, 2.05) is 12.1 Å². The zero-order valence-corrected chi connectivity index (χ0v) is 17.0. The molecule has 0 radical (unpaired) electrons. The fourth-order valence-corrected chi connectivity index (χ4v) is 3.87. The van der Waals surface area contributed by atoms with Crippen LogP contribution in [0.3, 0.4) is 0 Å². The number of ether oxygens (including phenoxy) is 3. The third kappa shape index (κ3) is 5.09. The zero-order valence-electron chi connectivity index (χ0n) is 17.0. The van der Waals surface area contributed by atoms with Crippen LogP contribution < -0.4 is 9.47 Å². The molecule has 0 spiro atoms. The molecule has 0 aromatic heterocycles. The van der Waals surface area contributed by atoms with Crippen LogP contribution in [0.5, 0.6) is 11.5 Å². The van der Waals surface area contributed by atoms with E-state index in [9.17, 15) is 22.8 Å². The Kier molecular flexibility index (Phi) is 6.62. The van der Waals surface area contributed by atoms with Gasteiger partial charge in [-0.2, -0.15) is 13.2 Å². The SMILES string of the molecule is COc1cc2c(cc1OC)CN(C(=O)C1CCN(C(=O)OCC(F)(F)F)CC1)CC2. The average Bonchev–Trinajstić information content (AvgIpc) is 2.75. The molecule has 1 aromatic rings. The molecule has 2 aliphatic heterocycles. The van der Waals surface area contributed by atoms with Crippen LogP contribution in [0.2, 0.25) is 0 Å². The van der Waals surface area contributed by atoms with E-state index in [2.05, 4.69) is 4.74 Å². The van der Waals surface area contributed by atoms with Crippen molar-refractivity contribution < 1.29 is 37.0 Å². The fourth-order valence-electron chi connectivity index (χ4n) is 3.87. The molecule has 0 saturated carbocycles. The molecule has 0 unspecified atom stereocenters. The van der Waals surface area contributed by atoms with E-state index in [1.165, 1.54) is 4.90 Å². The highest BCUT2D eigenvalue weighted by molar-refractivity contribution is 5.79. The number of nitrogens with zero attached hydrogens (tertiary/aromatic N) is 2. The van der Waals surface area contributed by atoms with Crippen molar-refractivity contribution >= 4 is 12.0 Å². The monoisotopic (exact) mass is 430 g/mol. The molecule has 2 amide bonds. The van der Waals surface area contributed by atoms with Gasteiger partial charge in [0.15, 0.2) is 18.1 Å². The predicted molar refractivity (Wildman–Crippen MR) is 100 cm³/mol. The van der Waals surface area contributed by atoms with Gasteiger partial charge in [-0.15, -0.1) is 0 Å². The summed E-state index contributed by atoms with van der Waals surface area (Å²) in [5, 5.41) is 0. The van der Waals surface area contributed by atoms with Crippen LogP contribution in [0.25, 0.3) is 0 Å². The minimum Gasteiger partial charge on any atom is -0.493 e. The number of halogens is 3. The number of piperidine rings is 1. The standard InChI is InChI=1S/C20H25F3N2O5/c1-28-16-9-14-5-8-25(11-15(14)10-17(16)29-2)18(26)13-3-6-24(7-4-13)19(27)30-12-20(21,22)23/h9-10,13H,3-8,11-12H2,1-2H3. The quantitative estimate of drug-likeness (QED) is 0.735. The Bertz CT molecular complexity index is 791. The van der Waals surface area contributed by atoms with Crippen molar-refractivity contribution in [3.63, 3.8) is 0 Å². The number of carbonyl (C=O) groups excluding carboxylic acids is 2. The summed E-state index contributed by atoms with van der Waals surface area (Å²) in [5.41, 5.74) is 2.11. The summed E-state index contributed by atoms with van der Waals surface area (Å²) in [6.07, 6.45) is -4.05. The lowest BCUT2D eigenvalue weighted by molar-refractivity contribution is -0.162. The molecule has 0 N–H and O–H groups in total. The van der Waals surface area contributed by atoms with Crippen LogP contribution in [0.1, 0.15) is 24.0 Å². The normalized spacial score (nSPS) is 17.4. The fraction of sp³-hybridized carbons (Fsp3) is 0.600. The Morgan fingerprint density at radius 1 is 1.00 bits per heavy atom. The largest absolute Gasteiger partial charge is 0.493 e. The number of benzene rings is 1. The van der Waals surface area contributed by atoms with Gasteiger partial charge in [-0.25, -0.2) is 4.79 Å². The van der Waals surface area contributed by atoms with Crippen LogP contribution in [0.15, 0.2) is 12.1 Å². The lowest BCUT2D eigenvalue weighted by Crippen LogP contribution is -2.46. The maximum Gasteiger partial charge on any atom is 0.422 e. The van der Waals surface area contributed by atoms with Crippen molar-refractivity contribution in [2.24, 2.45) is 5.92 Å². The van der Waals surface area contributed by atoms with E-state index in [1.54, 1.807) is 19.1 Å². The lowest BCUT2D eigenvalue weighted by Gasteiger charge is -2.36. The second-order valence-electron chi connectivity index (χ2n) is 7.42. The number of alkyl halides is 3. The first-order valence-corrected chi connectivity index (χ1v) is 9.73. The number of hydrogen-bond donors (Lipinski definition) is 0. The summed E-state index contributed by atoms with van der Waals surface area (Å²) >= 11 is 0. The van der Waals surface area contributed by atoms with Gasteiger partial charge in [0.1, 0.15) is 0 Å². The molecule has 7 nitrogen and oxygen atoms in total. The number of likely N-dealkylation sites (tertiary alicyclic amines) is 1. The van der Waals surface area contributed by atoms with Crippen molar-refractivity contribution in [2.75, 3.05) is 40.5 Å². The first kappa shape index (κ1) is 22.0. The molecular formula is C20H25F3N2O5. The smallest absolute Gasteiger partial charge is 0.422 e. The maximum absolute atomic E-state index is 13.0. The highest BCUT2D eigenvalue weighted by Gasteiger charge is 2.34. The third-order valence-electron chi connectivity index (χ3n) is 5.49. The zero-order chi connectivity index (χ0) is 21.9. The minimum atomic E-state index is -4.55. The molecule has 30 heavy (non-hydrogen) atoms. The summed E-state index contributed by atoms with van der Waals surface area (Å²) in [6.45, 7) is -0.172. The van der Waals surface area contributed by atoms with E-state index < -0.39 is 18.9 Å². The number of amides is 2. The summed E-state index contributed by atoms with van der Waals surface area (Å²) in [7, 11) is 3.14. The van der Waals surface area contributed by atoms with Gasteiger partial charge in [0, 0.05) is 32.1 Å². The maximum atomic E-state index is 13.0. The van der Waals surface area contributed by atoms with Crippen molar-refractivity contribution in [3.05, 3.63) is 23.3 Å². The second-order valence-corrected chi connectivity index (χ2v) is 7.42. The topological polar surface area (TPSA) is 68.3 Å². The Hall–Kier alpha value is -2.65. The van der Waals surface area contributed by atoms with Gasteiger partial charge < -0.3 is 24.0 Å². The van der Waals surface area contributed by atoms with Gasteiger partial charge in [-0.05, 0) is 42.5 Å². The summed E-state index contributed by atoms with van der Waals surface area (Å²) in [5.74, 6) is 0.995. The number of fused-ring (bicyclic) bond motifs is 1. The molecule has 1 aromatic carbocycles. The third-order valence-corrected chi connectivity index (χ3v) is 5.49. The molecular weight excluding hydrogens is 405 g/mol.